The van der Waals surface area contributed by atoms with Gasteiger partial charge in [0.25, 0.3) is 0 Å². The van der Waals surface area contributed by atoms with E-state index in [4.69, 9.17) is 10.5 Å². The van der Waals surface area contributed by atoms with Gasteiger partial charge in [-0.15, -0.1) is 0 Å². The van der Waals surface area contributed by atoms with E-state index in [2.05, 4.69) is 6.92 Å². The molecule has 0 spiro atoms. The molecule has 7 heteroatoms. The number of thioether (sulfide) groups is 1. The molecule has 0 aromatic heterocycles. The summed E-state index contributed by atoms with van der Waals surface area (Å²) in [5.74, 6) is 1.49. The third kappa shape index (κ3) is 3.71. The second kappa shape index (κ2) is 7.00. The maximum Gasteiger partial charge on any atom is 0.243 e. The van der Waals surface area contributed by atoms with Crippen LogP contribution in [0.1, 0.15) is 12.5 Å². The summed E-state index contributed by atoms with van der Waals surface area (Å²) in [6, 6.07) is 5.09. The van der Waals surface area contributed by atoms with Crippen molar-refractivity contribution >= 4 is 21.8 Å². The molecule has 0 radical (unpaired) electrons. The summed E-state index contributed by atoms with van der Waals surface area (Å²) in [6.45, 7) is 3.58. The zero-order valence-electron chi connectivity index (χ0n) is 12.4. The van der Waals surface area contributed by atoms with Crippen molar-refractivity contribution in [2.75, 3.05) is 32.5 Å². The van der Waals surface area contributed by atoms with Crippen molar-refractivity contribution in [3.05, 3.63) is 23.8 Å². The lowest BCUT2D eigenvalue weighted by Gasteiger charge is -2.30. The van der Waals surface area contributed by atoms with Crippen LogP contribution in [0.5, 0.6) is 5.75 Å². The number of sulfonamides is 1. The minimum absolute atomic E-state index is 0.324. The van der Waals surface area contributed by atoms with Gasteiger partial charge in [-0.1, -0.05) is 6.92 Å². The predicted molar refractivity (Wildman–Crippen MR) is 86.4 cm³/mol. The van der Waals surface area contributed by atoms with Gasteiger partial charge in [0.2, 0.25) is 10.0 Å². The van der Waals surface area contributed by atoms with Gasteiger partial charge in [0.1, 0.15) is 5.75 Å². The van der Waals surface area contributed by atoms with Crippen LogP contribution in [0, 0.1) is 0 Å². The maximum absolute atomic E-state index is 12.9. The first-order chi connectivity index (χ1) is 9.98. The molecule has 0 amide bonds. The third-order valence-corrected chi connectivity index (χ3v) is 6.60. The summed E-state index contributed by atoms with van der Waals surface area (Å²) < 4.78 is 32.5. The molecule has 118 valence electrons. The summed E-state index contributed by atoms with van der Waals surface area (Å²) in [5, 5.41) is 0.324. The normalized spacial score (nSPS) is 20.4. The van der Waals surface area contributed by atoms with Crippen molar-refractivity contribution in [3.8, 4) is 5.75 Å². The average molecular weight is 330 g/mol. The monoisotopic (exact) mass is 330 g/mol. The van der Waals surface area contributed by atoms with E-state index < -0.39 is 10.0 Å². The van der Waals surface area contributed by atoms with Gasteiger partial charge in [-0.3, -0.25) is 0 Å². The van der Waals surface area contributed by atoms with Crippen LogP contribution < -0.4 is 10.5 Å². The summed E-state index contributed by atoms with van der Waals surface area (Å²) in [5.41, 5.74) is 6.34. The Morgan fingerprint density at radius 1 is 1.48 bits per heavy atom. The Kier molecular flexibility index (Phi) is 5.54. The lowest BCUT2D eigenvalue weighted by Crippen LogP contribution is -2.41. The summed E-state index contributed by atoms with van der Waals surface area (Å²) in [4.78, 5) is 0.354. The van der Waals surface area contributed by atoms with Crippen molar-refractivity contribution in [2.24, 2.45) is 5.73 Å². The van der Waals surface area contributed by atoms with Crippen molar-refractivity contribution in [2.45, 2.75) is 23.5 Å². The molecule has 0 bridgehead atoms. The van der Waals surface area contributed by atoms with E-state index in [-0.39, 0.29) is 0 Å². The van der Waals surface area contributed by atoms with Crippen molar-refractivity contribution in [1.29, 1.82) is 0 Å². The summed E-state index contributed by atoms with van der Waals surface area (Å²) >= 11 is 1.81. The van der Waals surface area contributed by atoms with E-state index in [1.807, 2.05) is 11.8 Å². The molecule has 0 aliphatic carbocycles. The fourth-order valence-corrected chi connectivity index (χ4v) is 5.41. The lowest BCUT2D eigenvalue weighted by atomic mass is 10.1. The van der Waals surface area contributed by atoms with Crippen LogP contribution in [0.25, 0.3) is 0 Å². The third-order valence-electron chi connectivity index (χ3n) is 3.50. The van der Waals surface area contributed by atoms with Gasteiger partial charge < -0.3 is 10.5 Å². The molecule has 1 saturated heterocycles. The van der Waals surface area contributed by atoms with Crippen LogP contribution in [0.4, 0.5) is 0 Å². The molecular formula is C14H22N2O3S2. The number of hydrogen-bond acceptors (Lipinski definition) is 5. The van der Waals surface area contributed by atoms with E-state index in [0.29, 0.717) is 42.0 Å². The Morgan fingerprint density at radius 2 is 2.24 bits per heavy atom. The fourth-order valence-electron chi connectivity index (χ4n) is 2.43. The van der Waals surface area contributed by atoms with Gasteiger partial charge in [0, 0.05) is 24.1 Å². The van der Waals surface area contributed by atoms with E-state index in [1.54, 1.807) is 29.6 Å². The van der Waals surface area contributed by atoms with Crippen molar-refractivity contribution in [1.82, 2.24) is 4.31 Å². The van der Waals surface area contributed by atoms with Gasteiger partial charge in [-0.25, -0.2) is 8.42 Å². The largest absolute Gasteiger partial charge is 0.497 e. The lowest BCUT2D eigenvalue weighted by molar-refractivity contribution is 0.412. The molecule has 2 N–H and O–H groups in total. The molecule has 1 aromatic carbocycles. The van der Waals surface area contributed by atoms with Gasteiger partial charge >= 0.3 is 0 Å². The van der Waals surface area contributed by atoms with Crippen LogP contribution in [0.2, 0.25) is 0 Å². The van der Waals surface area contributed by atoms with E-state index >= 15 is 0 Å². The highest BCUT2D eigenvalue weighted by atomic mass is 32.2. The maximum atomic E-state index is 12.9. The van der Waals surface area contributed by atoms with Crippen LogP contribution >= 0.6 is 11.8 Å². The summed E-state index contributed by atoms with van der Waals surface area (Å²) in [6.07, 6.45) is 0.518. The number of methoxy groups -OCH3 is 1. The first kappa shape index (κ1) is 16.6. The smallest absolute Gasteiger partial charge is 0.243 e. The van der Waals surface area contributed by atoms with Crippen molar-refractivity contribution in [3.63, 3.8) is 0 Å². The second-order valence-corrected chi connectivity index (χ2v) is 8.51. The SMILES string of the molecule is COc1ccc(S(=O)(=O)N2CCSC(C)C2)c(CCN)c1. The van der Waals surface area contributed by atoms with Crippen LogP contribution in [-0.2, 0) is 16.4 Å². The highest BCUT2D eigenvalue weighted by molar-refractivity contribution is 8.00. The highest BCUT2D eigenvalue weighted by Gasteiger charge is 2.30. The Labute approximate surface area is 130 Å². The van der Waals surface area contributed by atoms with Gasteiger partial charge in [0.15, 0.2) is 0 Å². The molecule has 1 atom stereocenters. The molecule has 21 heavy (non-hydrogen) atoms. The zero-order chi connectivity index (χ0) is 15.5. The minimum Gasteiger partial charge on any atom is -0.497 e. The highest BCUT2D eigenvalue weighted by Crippen LogP contribution is 2.28. The molecule has 1 aromatic rings. The average Bonchev–Trinajstić information content (AvgIpc) is 2.47. The topological polar surface area (TPSA) is 72.6 Å². The van der Waals surface area contributed by atoms with Gasteiger partial charge in [-0.2, -0.15) is 16.1 Å². The predicted octanol–water partition coefficient (Wildman–Crippen LogP) is 1.32. The zero-order valence-corrected chi connectivity index (χ0v) is 14.0. The standard InChI is InChI=1S/C14H22N2O3S2/c1-11-10-16(7-8-20-11)21(17,18)14-4-3-13(19-2)9-12(14)5-6-15/h3-4,9,11H,5-8,10,15H2,1-2H3. The molecule has 1 aliphatic rings. The number of nitrogens with zero attached hydrogens (tertiary/aromatic N) is 1. The molecule has 1 unspecified atom stereocenters. The van der Waals surface area contributed by atoms with E-state index in [0.717, 1.165) is 11.3 Å². The minimum atomic E-state index is -3.46. The number of nitrogens with two attached hydrogens (primary N) is 1. The Bertz CT molecular complexity index is 590. The van der Waals surface area contributed by atoms with E-state index in [9.17, 15) is 8.42 Å². The van der Waals surface area contributed by atoms with E-state index in [1.165, 1.54) is 0 Å². The van der Waals surface area contributed by atoms with Gasteiger partial charge in [-0.05, 0) is 36.7 Å². The van der Waals surface area contributed by atoms with Crippen LogP contribution in [0.3, 0.4) is 0 Å². The molecule has 1 heterocycles. The summed E-state index contributed by atoms with van der Waals surface area (Å²) in [7, 11) is -1.90. The molecule has 1 fully saturated rings. The Balaban J connectivity index is 2.38. The number of hydrogen-bond donors (Lipinski definition) is 1. The first-order valence-corrected chi connectivity index (χ1v) is 9.46. The van der Waals surface area contributed by atoms with Crippen LogP contribution in [-0.4, -0.2) is 50.5 Å². The van der Waals surface area contributed by atoms with Crippen molar-refractivity contribution < 1.29 is 13.2 Å². The molecule has 2 rings (SSSR count). The van der Waals surface area contributed by atoms with Crippen LogP contribution in [0.15, 0.2) is 23.1 Å². The first-order valence-electron chi connectivity index (χ1n) is 6.97. The Hall–Kier alpha value is -0.760. The number of ether oxygens (including phenoxy) is 1. The fraction of sp³-hybridized carbons (Fsp3) is 0.571. The molecule has 0 saturated carbocycles. The number of benzene rings is 1. The van der Waals surface area contributed by atoms with Gasteiger partial charge in [0.05, 0.1) is 12.0 Å². The molecule has 5 nitrogen and oxygen atoms in total. The number of rotatable bonds is 5. The molecule has 1 aliphatic heterocycles. The second-order valence-electron chi connectivity index (χ2n) is 5.06. The Morgan fingerprint density at radius 3 is 2.86 bits per heavy atom. The quantitative estimate of drug-likeness (QED) is 0.881. The molecular weight excluding hydrogens is 308 g/mol.